The van der Waals surface area contributed by atoms with Crippen LogP contribution in [0.5, 0.6) is 11.5 Å². The molecule has 6 heteroatoms. The highest BCUT2D eigenvalue weighted by Crippen LogP contribution is 2.37. The van der Waals surface area contributed by atoms with Gasteiger partial charge in [0, 0.05) is 24.5 Å². The summed E-state index contributed by atoms with van der Waals surface area (Å²) in [6, 6.07) is 13.4. The van der Waals surface area contributed by atoms with Gasteiger partial charge < -0.3 is 13.9 Å². The minimum absolute atomic E-state index is 0.0320. The minimum atomic E-state index is -0.538. The van der Waals surface area contributed by atoms with Crippen LogP contribution in [0, 0.1) is 0 Å². The molecule has 138 valence electrons. The summed E-state index contributed by atoms with van der Waals surface area (Å²) in [7, 11) is 0. The highest BCUT2D eigenvalue weighted by Gasteiger charge is 2.20. The van der Waals surface area contributed by atoms with Gasteiger partial charge in [-0.25, -0.2) is 0 Å². The van der Waals surface area contributed by atoms with E-state index in [9.17, 15) is 14.4 Å². The maximum atomic E-state index is 12.6. The van der Waals surface area contributed by atoms with Crippen molar-refractivity contribution < 1.29 is 23.5 Å². The first kappa shape index (κ1) is 18.4. The smallest absolute Gasteiger partial charge is 0.311 e. The molecule has 0 saturated heterocycles. The lowest BCUT2D eigenvalue weighted by molar-refractivity contribution is -0.136. The Morgan fingerprint density at radius 1 is 0.926 bits per heavy atom. The normalized spacial score (nSPS) is 10.6. The Labute approximate surface area is 155 Å². The molecule has 0 unspecified atom stereocenters. The van der Waals surface area contributed by atoms with Gasteiger partial charge >= 0.3 is 11.9 Å². The van der Waals surface area contributed by atoms with Gasteiger partial charge in [-0.3, -0.25) is 14.4 Å². The van der Waals surface area contributed by atoms with Gasteiger partial charge in [-0.05, 0) is 12.1 Å². The van der Waals surface area contributed by atoms with E-state index in [0.29, 0.717) is 11.3 Å². The van der Waals surface area contributed by atoms with Crippen LogP contribution >= 0.6 is 0 Å². The van der Waals surface area contributed by atoms with E-state index in [-0.39, 0.29) is 40.7 Å². The van der Waals surface area contributed by atoms with Crippen molar-refractivity contribution in [3.05, 3.63) is 58.8 Å². The molecule has 27 heavy (non-hydrogen) atoms. The van der Waals surface area contributed by atoms with Gasteiger partial charge in [0.25, 0.3) is 0 Å². The molecule has 1 heterocycles. The van der Waals surface area contributed by atoms with E-state index >= 15 is 0 Å². The van der Waals surface area contributed by atoms with E-state index in [1.165, 1.54) is 18.2 Å². The van der Waals surface area contributed by atoms with E-state index < -0.39 is 11.9 Å². The Morgan fingerprint density at radius 2 is 1.59 bits per heavy atom. The Kier molecular flexibility index (Phi) is 5.35. The van der Waals surface area contributed by atoms with Crippen molar-refractivity contribution in [3.63, 3.8) is 0 Å². The van der Waals surface area contributed by atoms with Crippen molar-refractivity contribution in [3.8, 4) is 22.8 Å². The lowest BCUT2D eigenvalue weighted by Gasteiger charge is -2.12. The Bertz CT molecular complexity index is 1050. The molecule has 0 fully saturated rings. The summed E-state index contributed by atoms with van der Waals surface area (Å²) in [5.41, 5.74) is 0.460. The topological polar surface area (TPSA) is 82.8 Å². The number of hydrogen-bond donors (Lipinski definition) is 0. The van der Waals surface area contributed by atoms with Crippen LogP contribution in [-0.4, -0.2) is 11.9 Å². The lowest BCUT2D eigenvalue weighted by atomic mass is 10.1. The summed E-state index contributed by atoms with van der Waals surface area (Å²) in [4.78, 5) is 36.2. The average molecular weight is 366 g/mol. The van der Waals surface area contributed by atoms with Crippen LogP contribution in [0.3, 0.4) is 0 Å². The molecule has 0 aliphatic carbocycles. The average Bonchev–Trinajstić information content (AvgIpc) is 2.69. The van der Waals surface area contributed by atoms with Crippen LogP contribution in [0.4, 0.5) is 0 Å². The standard InChI is InChI=1S/C21H18O6/c1-3-18(23)25-16-11-10-14-15(22)12-17(13-8-6-5-7-9-13)26-20(14)21(16)27-19(24)4-2/h5-12H,3-4H2,1-2H3. The maximum absolute atomic E-state index is 12.6. The summed E-state index contributed by atoms with van der Waals surface area (Å²) in [5.74, 6) is -0.754. The van der Waals surface area contributed by atoms with Gasteiger partial charge in [0.15, 0.2) is 16.8 Å². The van der Waals surface area contributed by atoms with Crippen molar-refractivity contribution in [1.29, 1.82) is 0 Å². The van der Waals surface area contributed by atoms with E-state index in [1.54, 1.807) is 26.0 Å². The molecule has 0 amide bonds. The number of benzene rings is 2. The van der Waals surface area contributed by atoms with Crippen LogP contribution in [-0.2, 0) is 9.59 Å². The number of carbonyl (C=O) groups is 2. The Morgan fingerprint density at radius 3 is 2.26 bits per heavy atom. The van der Waals surface area contributed by atoms with Crippen molar-refractivity contribution in [1.82, 2.24) is 0 Å². The molecule has 1 aromatic heterocycles. The van der Waals surface area contributed by atoms with Gasteiger partial charge in [-0.1, -0.05) is 44.2 Å². The fraction of sp³-hybridized carbons (Fsp3) is 0.190. The quantitative estimate of drug-likeness (QED) is 0.500. The number of carbonyl (C=O) groups excluding carboxylic acids is 2. The number of esters is 2. The van der Waals surface area contributed by atoms with E-state index in [0.717, 1.165) is 0 Å². The zero-order valence-corrected chi connectivity index (χ0v) is 15.0. The molecular weight excluding hydrogens is 348 g/mol. The molecule has 0 aliphatic heterocycles. The van der Waals surface area contributed by atoms with Crippen LogP contribution < -0.4 is 14.9 Å². The largest absolute Gasteiger partial charge is 0.452 e. The summed E-state index contributed by atoms with van der Waals surface area (Å²) < 4.78 is 16.5. The molecule has 3 rings (SSSR count). The van der Waals surface area contributed by atoms with E-state index in [4.69, 9.17) is 13.9 Å². The zero-order valence-electron chi connectivity index (χ0n) is 15.0. The lowest BCUT2D eigenvalue weighted by Crippen LogP contribution is -2.12. The third-order valence-corrected chi connectivity index (χ3v) is 3.89. The summed E-state index contributed by atoms with van der Waals surface area (Å²) >= 11 is 0. The maximum Gasteiger partial charge on any atom is 0.311 e. The van der Waals surface area contributed by atoms with Crippen LogP contribution in [0.25, 0.3) is 22.3 Å². The molecule has 0 atom stereocenters. The zero-order chi connectivity index (χ0) is 19.4. The van der Waals surface area contributed by atoms with Crippen LogP contribution in [0.15, 0.2) is 57.7 Å². The van der Waals surface area contributed by atoms with Gasteiger partial charge in [0.2, 0.25) is 5.75 Å². The van der Waals surface area contributed by atoms with E-state index in [1.807, 2.05) is 18.2 Å². The SMILES string of the molecule is CCC(=O)Oc1ccc2c(=O)cc(-c3ccccc3)oc2c1OC(=O)CC. The first-order chi connectivity index (χ1) is 13.0. The molecule has 0 aliphatic rings. The summed E-state index contributed by atoms with van der Waals surface area (Å²) in [6.07, 6.45) is 0.257. The summed E-state index contributed by atoms with van der Waals surface area (Å²) in [5, 5.41) is 0.227. The number of hydrogen-bond acceptors (Lipinski definition) is 6. The number of rotatable bonds is 5. The molecule has 0 saturated carbocycles. The molecule has 0 radical (unpaired) electrons. The highest BCUT2D eigenvalue weighted by molar-refractivity contribution is 5.90. The Balaban J connectivity index is 2.25. The predicted octanol–water partition coefficient (Wildman–Crippen LogP) is 4.09. The molecular formula is C21H18O6. The van der Waals surface area contributed by atoms with Gasteiger partial charge in [-0.2, -0.15) is 0 Å². The first-order valence-electron chi connectivity index (χ1n) is 8.61. The minimum Gasteiger partial charge on any atom is -0.452 e. The number of ether oxygens (including phenoxy) is 2. The van der Waals surface area contributed by atoms with Gasteiger partial charge in [0.05, 0.1) is 5.39 Å². The molecule has 2 aromatic carbocycles. The van der Waals surface area contributed by atoms with Crippen molar-refractivity contribution in [2.45, 2.75) is 26.7 Å². The fourth-order valence-corrected chi connectivity index (χ4v) is 2.48. The second-order valence-corrected chi connectivity index (χ2v) is 5.77. The second-order valence-electron chi connectivity index (χ2n) is 5.77. The van der Waals surface area contributed by atoms with Crippen molar-refractivity contribution >= 4 is 22.9 Å². The van der Waals surface area contributed by atoms with Crippen molar-refractivity contribution in [2.24, 2.45) is 0 Å². The third kappa shape index (κ3) is 3.89. The van der Waals surface area contributed by atoms with Gasteiger partial charge in [-0.15, -0.1) is 0 Å². The van der Waals surface area contributed by atoms with Crippen molar-refractivity contribution in [2.75, 3.05) is 0 Å². The predicted molar refractivity (Wildman–Crippen MR) is 99.8 cm³/mol. The monoisotopic (exact) mass is 366 g/mol. The fourth-order valence-electron chi connectivity index (χ4n) is 2.48. The molecule has 0 spiro atoms. The summed E-state index contributed by atoms with van der Waals surface area (Å²) in [6.45, 7) is 3.28. The van der Waals surface area contributed by atoms with Gasteiger partial charge in [0.1, 0.15) is 5.76 Å². The third-order valence-electron chi connectivity index (χ3n) is 3.89. The molecule has 0 bridgehead atoms. The van der Waals surface area contributed by atoms with Crippen LogP contribution in [0.2, 0.25) is 0 Å². The second kappa shape index (κ2) is 7.86. The number of fused-ring (bicyclic) bond motifs is 1. The molecule has 0 N–H and O–H groups in total. The van der Waals surface area contributed by atoms with Crippen LogP contribution in [0.1, 0.15) is 26.7 Å². The first-order valence-corrected chi connectivity index (χ1v) is 8.61. The highest BCUT2D eigenvalue weighted by atomic mass is 16.6. The molecule has 6 nitrogen and oxygen atoms in total. The molecule has 3 aromatic rings. The van der Waals surface area contributed by atoms with E-state index in [2.05, 4.69) is 0 Å². The Hall–Kier alpha value is -3.41.